The molecule has 1 amide bonds. The second kappa shape index (κ2) is 10.6. The zero-order valence-corrected chi connectivity index (χ0v) is 18.5. The molecular formula is C26H22F3N3O3. The summed E-state index contributed by atoms with van der Waals surface area (Å²) >= 11 is 0. The van der Waals surface area contributed by atoms with Crippen LogP contribution in [0.15, 0.2) is 77.7 Å². The van der Waals surface area contributed by atoms with Gasteiger partial charge in [0.2, 0.25) is 0 Å². The van der Waals surface area contributed by atoms with E-state index in [1.54, 1.807) is 24.4 Å². The normalized spacial score (nSPS) is 15.1. The highest BCUT2D eigenvalue weighted by atomic mass is 19.1. The van der Waals surface area contributed by atoms with Crippen LogP contribution in [-0.2, 0) is 6.42 Å². The van der Waals surface area contributed by atoms with Gasteiger partial charge in [0.1, 0.15) is 17.3 Å². The number of allylic oxidation sites excluding steroid dienone is 1. The largest absolute Gasteiger partial charge is 0.394 e. The lowest BCUT2D eigenvalue weighted by Crippen LogP contribution is -2.46. The number of aliphatic hydroxyl groups excluding tert-OH is 2. The highest BCUT2D eigenvalue weighted by molar-refractivity contribution is 6.21. The maximum Gasteiger partial charge on any atom is 0.252 e. The minimum Gasteiger partial charge on any atom is -0.394 e. The Morgan fingerprint density at radius 2 is 1.80 bits per heavy atom. The van der Waals surface area contributed by atoms with Crippen molar-refractivity contribution < 1.29 is 28.2 Å². The molecule has 9 heteroatoms. The van der Waals surface area contributed by atoms with Gasteiger partial charge in [0.15, 0.2) is 5.83 Å². The summed E-state index contributed by atoms with van der Waals surface area (Å²) in [5.74, 6) is -2.92. The van der Waals surface area contributed by atoms with Crippen LogP contribution in [0.2, 0.25) is 0 Å². The second-order valence-corrected chi connectivity index (χ2v) is 7.98. The Labute approximate surface area is 199 Å². The van der Waals surface area contributed by atoms with Gasteiger partial charge < -0.3 is 15.5 Å². The molecule has 1 aliphatic rings. The van der Waals surface area contributed by atoms with Crippen LogP contribution in [0.1, 0.15) is 27.2 Å². The number of aliphatic hydroxyl groups is 2. The average molecular weight is 481 g/mol. The van der Waals surface area contributed by atoms with Crippen molar-refractivity contribution in [3.05, 3.63) is 107 Å². The molecule has 1 aromatic heterocycles. The van der Waals surface area contributed by atoms with E-state index in [0.29, 0.717) is 11.3 Å². The van der Waals surface area contributed by atoms with E-state index in [9.17, 15) is 23.8 Å². The van der Waals surface area contributed by atoms with Gasteiger partial charge in [0.05, 0.1) is 36.4 Å². The molecule has 0 unspecified atom stereocenters. The van der Waals surface area contributed by atoms with Gasteiger partial charge in [-0.15, -0.1) is 0 Å². The molecule has 2 aromatic carbocycles. The molecule has 35 heavy (non-hydrogen) atoms. The van der Waals surface area contributed by atoms with E-state index in [-0.39, 0.29) is 35.4 Å². The third kappa shape index (κ3) is 5.31. The maximum atomic E-state index is 15.4. The molecule has 4 rings (SSSR count). The Hall–Kier alpha value is -3.82. The number of rotatable bonds is 8. The summed E-state index contributed by atoms with van der Waals surface area (Å²) in [6, 6.07) is 13.1. The lowest BCUT2D eigenvalue weighted by Gasteiger charge is -2.23. The van der Waals surface area contributed by atoms with Crippen molar-refractivity contribution in [1.82, 2.24) is 10.3 Å². The summed E-state index contributed by atoms with van der Waals surface area (Å²) in [4.78, 5) is 21.4. The van der Waals surface area contributed by atoms with Gasteiger partial charge in [-0.25, -0.2) is 13.2 Å². The fraction of sp³-hybridized carbons (Fsp3) is 0.192. The zero-order valence-electron chi connectivity index (χ0n) is 18.5. The highest BCUT2D eigenvalue weighted by Crippen LogP contribution is 2.31. The first-order valence-corrected chi connectivity index (χ1v) is 10.9. The van der Waals surface area contributed by atoms with Gasteiger partial charge >= 0.3 is 0 Å². The molecule has 1 aliphatic heterocycles. The summed E-state index contributed by atoms with van der Waals surface area (Å²) in [5, 5.41) is 22.3. The number of carbonyl (C=O) groups is 1. The summed E-state index contributed by atoms with van der Waals surface area (Å²) in [6.45, 7) is -0.730. The van der Waals surface area contributed by atoms with Crippen LogP contribution in [0.5, 0.6) is 0 Å². The minimum atomic E-state index is -1.32. The zero-order chi connectivity index (χ0) is 24.9. The van der Waals surface area contributed by atoms with E-state index >= 15 is 4.39 Å². The van der Waals surface area contributed by atoms with Gasteiger partial charge in [0.25, 0.3) is 5.91 Å². The number of pyridine rings is 1. The van der Waals surface area contributed by atoms with E-state index in [1.165, 1.54) is 36.4 Å². The molecule has 3 N–H and O–H groups in total. The molecule has 0 spiro atoms. The van der Waals surface area contributed by atoms with E-state index in [2.05, 4.69) is 15.3 Å². The fourth-order valence-corrected chi connectivity index (χ4v) is 3.85. The van der Waals surface area contributed by atoms with E-state index in [0.717, 1.165) is 6.07 Å². The predicted octanol–water partition coefficient (Wildman–Crippen LogP) is 3.24. The molecule has 0 saturated carbocycles. The summed E-state index contributed by atoms with van der Waals surface area (Å²) in [6.07, 6.45) is 0.336. The van der Waals surface area contributed by atoms with Crippen molar-refractivity contribution >= 4 is 17.2 Å². The van der Waals surface area contributed by atoms with Gasteiger partial charge in [-0.2, -0.15) is 0 Å². The average Bonchev–Trinajstić information content (AvgIpc) is 3.24. The lowest BCUT2D eigenvalue weighted by atomic mass is 9.97. The van der Waals surface area contributed by atoms with Crippen LogP contribution in [0.4, 0.5) is 13.2 Å². The van der Waals surface area contributed by atoms with Crippen LogP contribution in [0, 0.1) is 11.6 Å². The predicted molar refractivity (Wildman–Crippen MR) is 125 cm³/mol. The van der Waals surface area contributed by atoms with E-state index in [1.807, 2.05) is 0 Å². The van der Waals surface area contributed by atoms with Crippen LogP contribution < -0.4 is 5.32 Å². The van der Waals surface area contributed by atoms with Crippen LogP contribution in [-0.4, -0.2) is 52.1 Å². The van der Waals surface area contributed by atoms with Gasteiger partial charge in [-0.05, 0) is 42.0 Å². The van der Waals surface area contributed by atoms with E-state index in [4.69, 9.17) is 0 Å². The molecule has 0 radical (unpaired) electrons. The molecule has 0 fully saturated rings. The molecule has 0 saturated heterocycles. The lowest BCUT2D eigenvalue weighted by molar-refractivity contribution is 0.0565. The molecule has 180 valence electrons. The molecule has 0 aliphatic carbocycles. The van der Waals surface area contributed by atoms with E-state index < -0.39 is 42.1 Å². The molecule has 2 atom stereocenters. The minimum absolute atomic E-state index is 0.100. The Morgan fingerprint density at radius 3 is 2.49 bits per heavy atom. The second-order valence-electron chi connectivity index (χ2n) is 7.98. The molecule has 0 bridgehead atoms. The van der Waals surface area contributed by atoms with Crippen LogP contribution >= 0.6 is 0 Å². The van der Waals surface area contributed by atoms with Crippen molar-refractivity contribution in [3.63, 3.8) is 0 Å². The third-order valence-electron chi connectivity index (χ3n) is 5.68. The van der Waals surface area contributed by atoms with Gasteiger partial charge in [-0.3, -0.25) is 14.8 Å². The molecular weight excluding hydrogens is 459 g/mol. The highest BCUT2D eigenvalue weighted by Gasteiger charge is 2.30. The van der Waals surface area contributed by atoms with Gasteiger partial charge in [0, 0.05) is 23.9 Å². The monoisotopic (exact) mass is 481 g/mol. The molecule has 2 heterocycles. The van der Waals surface area contributed by atoms with Crippen molar-refractivity contribution in [3.8, 4) is 0 Å². The number of aromatic nitrogens is 1. The van der Waals surface area contributed by atoms with Crippen molar-refractivity contribution in [2.24, 2.45) is 4.99 Å². The Morgan fingerprint density at radius 1 is 1.03 bits per heavy atom. The topological polar surface area (TPSA) is 94.8 Å². The number of nitrogens with zero attached hydrogens (tertiary/aromatic N) is 2. The number of benzene rings is 2. The maximum absolute atomic E-state index is 15.4. The first kappa shape index (κ1) is 24.3. The van der Waals surface area contributed by atoms with Crippen molar-refractivity contribution in [2.75, 3.05) is 13.2 Å². The quantitative estimate of drug-likeness (QED) is 0.461. The number of hydrogen-bond acceptors (Lipinski definition) is 5. The van der Waals surface area contributed by atoms with Crippen molar-refractivity contribution in [1.29, 1.82) is 0 Å². The molecule has 6 nitrogen and oxygen atoms in total. The summed E-state index contributed by atoms with van der Waals surface area (Å²) in [7, 11) is 0. The summed E-state index contributed by atoms with van der Waals surface area (Å²) < 4.78 is 43.5. The Balaban J connectivity index is 1.65. The Kier molecular flexibility index (Phi) is 7.38. The van der Waals surface area contributed by atoms with Crippen LogP contribution in [0.25, 0.3) is 5.57 Å². The number of aliphatic imine (C=N–C) groups is 1. The number of nitrogens with one attached hydrogen (secondary N) is 1. The number of carbonyl (C=O) groups excluding carboxylic acids is 1. The number of halogens is 3. The fourth-order valence-electron chi connectivity index (χ4n) is 3.85. The molecule has 3 aromatic rings. The first-order chi connectivity index (χ1) is 16.9. The number of hydrogen-bond donors (Lipinski definition) is 3. The SMILES string of the molecule is O=C(N[C@H](Cc1ccccn1)[C@H](O)CO)c1cccc(F)c1C1=NCC(c2ccc(F)cc2)=C1F. The number of amides is 1. The smallest absolute Gasteiger partial charge is 0.252 e. The standard InChI is InChI=1S/C26H22F3N3O3/c27-16-9-7-15(8-10-16)19-13-31-25(24(19)29)23-18(5-3-6-20(23)28)26(35)32-21(22(34)14-33)12-17-4-1-2-11-30-17/h1-11,21-22,33-34H,12-14H2,(H,32,35)/t21-,22-/m1/s1. The Bertz CT molecular complexity index is 1280. The van der Waals surface area contributed by atoms with Crippen molar-refractivity contribution in [2.45, 2.75) is 18.6 Å². The van der Waals surface area contributed by atoms with Crippen LogP contribution in [0.3, 0.4) is 0 Å². The third-order valence-corrected chi connectivity index (χ3v) is 5.68. The van der Waals surface area contributed by atoms with Gasteiger partial charge in [-0.1, -0.05) is 24.3 Å². The summed E-state index contributed by atoms with van der Waals surface area (Å²) in [5.41, 5.74) is 0.273. The first-order valence-electron chi connectivity index (χ1n) is 10.9.